The summed E-state index contributed by atoms with van der Waals surface area (Å²) in [6, 6.07) is 14.4. The number of benzene rings is 2. The molecule has 0 aliphatic carbocycles. The number of amides is 2. The van der Waals surface area contributed by atoms with Crippen LogP contribution in [-0.4, -0.2) is 46.7 Å². The van der Waals surface area contributed by atoms with Gasteiger partial charge in [-0.2, -0.15) is 0 Å². The first-order chi connectivity index (χ1) is 16.4. The van der Waals surface area contributed by atoms with Crippen LogP contribution >= 0.6 is 11.3 Å². The van der Waals surface area contributed by atoms with E-state index in [2.05, 4.69) is 42.2 Å². The lowest BCUT2D eigenvalue weighted by atomic mass is 9.87. The molecule has 6 nitrogen and oxygen atoms in total. The number of aromatic nitrogens is 1. The third-order valence-corrected chi connectivity index (χ3v) is 7.10. The highest BCUT2D eigenvalue weighted by molar-refractivity contribution is 7.09. The molecule has 0 N–H and O–H groups in total. The first kappa shape index (κ1) is 24.0. The first-order valence-corrected chi connectivity index (χ1v) is 12.6. The Hall–Kier alpha value is -3.19. The smallest absolute Gasteiger partial charge is 0.273 e. The minimum absolute atomic E-state index is 0.0829. The molecule has 1 aromatic heterocycles. The molecule has 0 fully saturated rings. The number of carbonyl (C=O) groups excluding carboxylic acids is 2. The van der Waals surface area contributed by atoms with E-state index in [1.165, 1.54) is 22.5 Å². The van der Waals surface area contributed by atoms with Gasteiger partial charge in [0.15, 0.2) is 0 Å². The quantitative estimate of drug-likeness (QED) is 0.480. The van der Waals surface area contributed by atoms with E-state index < -0.39 is 0 Å². The van der Waals surface area contributed by atoms with Crippen molar-refractivity contribution in [2.45, 2.75) is 46.3 Å². The number of hydrogen-bond acceptors (Lipinski definition) is 5. The van der Waals surface area contributed by atoms with Crippen LogP contribution in [0.25, 0.3) is 0 Å². The summed E-state index contributed by atoms with van der Waals surface area (Å²) in [5.74, 6) is 0.803. The molecule has 2 aromatic carbocycles. The fourth-order valence-corrected chi connectivity index (χ4v) is 4.99. The second-order valence-electron chi connectivity index (χ2n) is 8.60. The molecular weight excluding hydrogens is 446 g/mol. The van der Waals surface area contributed by atoms with Gasteiger partial charge in [0.05, 0.1) is 6.04 Å². The standard InChI is InChI=1S/C27H31N3O3S/c1-5-25(31)30-13-12-19-10-11-21(15-22(19)26(30)20-9-7-8-18(3)14-20)33-16-24-28-23(17-34-24)27(32)29(4)6-2/h7-11,14-15,17,26H,5-6,12-13,16H2,1-4H3/t26-/m0/s1. The zero-order valence-electron chi connectivity index (χ0n) is 20.2. The van der Waals surface area contributed by atoms with Crippen LogP contribution < -0.4 is 4.74 Å². The summed E-state index contributed by atoms with van der Waals surface area (Å²) in [5, 5.41) is 2.53. The van der Waals surface area contributed by atoms with Crippen molar-refractivity contribution in [3.63, 3.8) is 0 Å². The summed E-state index contributed by atoms with van der Waals surface area (Å²) in [6.07, 6.45) is 1.30. The van der Waals surface area contributed by atoms with Crippen molar-refractivity contribution in [2.24, 2.45) is 0 Å². The van der Waals surface area contributed by atoms with E-state index in [-0.39, 0.29) is 17.9 Å². The largest absolute Gasteiger partial charge is 0.486 e. The number of rotatable bonds is 7. The van der Waals surface area contributed by atoms with E-state index >= 15 is 0 Å². The molecule has 0 unspecified atom stereocenters. The predicted octanol–water partition coefficient (Wildman–Crippen LogP) is 5.01. The Balaban J connectivity index is 1.59. The van der Waals surface area contributed by atoms with Crippen LogP contribution in [0.3, 0.4) is 0 Å². The Morgan fingerprint density at radius 1 is 1.21 bits per heavy atom. The molecule has 0 bridgehead atoms. The van der Waals surface area contributed by atoms with Crippen molar-refractivity contribution < 1.29 is 14.3 Å². The number of nitrogens with zero attached hydrogens (tertiary/aromatic N) is 3. The van der Waals surface area contributed by atoms with Crippen molar-refractivity contribution in [3.8, 4) is 5.75 Å². The molecule has 7 heteroatoms. The summed E-state index contributed by atoms with van der Waals surface area (Å²) in [7, 11) is 1.77. The SMILES string of the molecule is CCC(=O)N1CCc2ccc(OCc3nc(C(=O)N(C)CC)cs3)cc2[C@@H]1c1cccc(C)c1. The normalized spacial score (nSPS) is 15.1. The molecule has 1 aliphatic heterocycles. The van der Waals surface area contributed by atoms with E-state index in [1.807, 2.05) is 30.9 Å². The van der Waals surface area contributed by atoms with Gasteiger partial charge in [0.25, 0.3) is 5.91 Å². The topological polar surface area (TPSA) is 62.7 Å². The second kappa shape index (κ2) is 10.4. The summed E-state index contributed by atoms with van der Waals surface area (Å²) >= 11 is 1.42. The van der Waals surface area contributed by atoms with Crippen molar-refractivity contribution in [3.05, 3.63) is 80.8 Å². The molecule has 0 spiro atoms. The van der Waals surface area contributed by atoms with Crippen LogP contribution in [0.5, 0.6) is 5.75 Å². The lowest BCUT2D eigenvalue weighted by Crippen LogP contribution is -2.40. The number of aryl methyl sites for hydroxylation is 1. The lowest BCUT2D eigenvalue weighted by molar-refractivity contribution is -0.132. The Labute approximate surface area is 205 Å². The Morgan fingerprint density at radius 2 is 2.03 bits per heavy atom. The van der Waals surface area contributed by atoms with Gasteiger partial charge in [0, 0.05) is 31.9 Å². The predicted molar refractivity (Wildman–Crippen MR) is 134 cm³/mol. The maximum absolute atomic E-state index is 12.8. The Morgan fingerprint density at radius 3 is 2.76 bits per heavy atom. The van der Waals surface area contributed by atoms with E-state index in [4.69, 9.17) is 4.74 Å². The number of fused-ring (bicyclic) bond motifs is 1. The van der Waals surface area contributed by atoms with Gasteiger partial charge in [-0.25, -0.2) is 4.98 Å². The minimum atomic E-state index is -0.131. The van der Waals surface area contributed by atoms with Crippen LogP contribution in [0.1, 0.15) is 64.1 Å². The van der Waals surface area contributed by atoms with Crippen LogP contribution in [0.2, 0.25) is 0 Å². The summed E-state index contributed by atoms with van der Waals surface area (Å²) in [4.78, 5) is 33.2. The second-order valence-corrected chi connectivity index (χ2v) is 9.55. The van der Waals surface area contributed by atoms with Crippen LogP contribution in [0.4, 0.5) is 0 Å². The third-order valence-electron chi connectivity index (χ3n) is 6.28. The number of carbonyl (C=O) groups is 2. The highest BCUT2D eigenvalue weighted by Crippen LogP contribution is 2.38. The maximum Gasteiger partial charge on any atom is 0.273 e. The van der Waals surface area contributed by atoms with Gasteiger partial charge in [0.2, 0.25) is 5.91 Å². The fourth-order valence-electron chi connectivity index (χ4n) is 4.31. The average molecular weight is 478 g/mol. The summed E-state index contributed by atoms with van der Waals surface area (Å²) in [5.41, 5.74) is 5.08. The maximum atomic E-state index is 12.8. The molecule has 178 valence electrons. The van der Waals surface area contributed by atoms with Crippen molar-refractivity contribution >= 4 is 23.2 Å². The molecule has 34 heavy (non-hydrogen) atoms. The Bertz CT molecular complexity index is 1190. The van der Waals surface area contributed by atoms with Gasteiger partial charge in [-0.15, -0.1) is 11.3 Å². The molecule has 1 aliphatic rings. The Kier molecular flexibility index (Phi) is 7.32. The van der Waals surface area contributed by atoms with Gasteiger partial charge >= 0.3 is 0 Å². The minimum Gasteiger partial charge on any atom is -0.486 e. The zero-order valence-corrected chi connectivity index (χ0v) is 21.0. The molecule has 2 heterocycles. The van der Waals surface area contributed by atoms with Gasteiger partial charge in [-0.3, -0.25) is 9.59 Å². The number of ether oxygens (including phenoxy) is 1. The number of thiazole rings is 1. The molecule has 2 amide bonds. The van der Waals surface area contributed by atoms with E-state index in [0.29, 0.717) is 31.8 Å². The van der Waals surface area contributed by atoms with Crippen molar-refractivity contribution in [2.75, 3.05) is 20.1 Å². The highest BCUT2D eigenvalue weighted by atomic mass is 32.1. The van der Waals surface area contributed by atoms with Crippen LogP contribution in [0.15, 0.2) is 47.8 Å². The number of hydrogen-bond donors (Lipinski definition) is 0. The van der Waals surface area contributed by atoms with Gasteiger partial charge in [-0.05, 0) is 49.1 Å². The van der Waals surface area contributed by atoms with Crippen LogP contribution in [0, 0.1) is 6.92 Å². The van der Waals surface area contributed by atoms with Crippen molar-refractivity contribution in [1.29, 1.82) is 0 Å². The highest BCUT2D eigenvalue weighted by Gasteiger charge is 2.31. The summed E-state index contributed by atoms with van der Waals surface area (Å²) < 4.78 is 6.09. The zero-order chi connectivity index (χ0) is 24.2. The van der Waals surface area contributed by atoms with E-state index in [9.17, 15) is 9.59 Å². The van der Waals surface area contributed by atoms with Gasteiger partial charge < -0.3 is 14.5 Å². The molecule has 0 radical (unpaired) electrons. The average Bonchev–Trinajstić information content (AvgIpc) is 3.34. The fraction of sp³-hybridized carbons (Fsp3) is 0.370. The van der Waals surface area contributed by atoms with E-state index in [1.54, 1.807) is 17.3 Å². The molecule has 3 aromatic rings. The summed E-state index contributed by atoms with van der Waals surface area (Å²) in [6.45, 7) is 7.56. The van der Waals surface area contributed by atoms with E-state index in [0.717, 1.165) is 28.3 Å². The lowest BCUT2D eigenvalue weighted by Gasteiger charge is -2.38. The first-order valence-electron chi connectivity index (χ1n) is 11.7. The molecule has 1 atom stereocenters. The molecule has 0 saturated carbocycles. The molecular formula is C27H31N3O3S. The van der Waals surface area contributed by atoms with Crippen LogP contribution in [-0.2, 0) is 17.8 Å². The van der Waals surface area contributed by atoms with Gasteiger partial charge in [0.1, 0.15) is 23.1 Å². The third kappa shape index (κ3) is 4.99. The monoisotopic (exact) mass is 477 g/mol. The molecule has 0 saturated heterocycles. The molecule has 4 rings (SSSR count). The van der Waals surface area contributed by atoms with Gasteiger partial charge in [-0.1, -0.05) is 42.8 Å². The van der Waals surface area contributed by atoms with Crippen molar-refractivity contribution in [1.82, 2.24) is 14.8 Å².